The molecule has 108 valence electrons. The van der Waals surface area contributed by atoms with Gasteiger partial charge in [-0.3, -0.25) is 4.98 Å². The Bertz CT molecular complexity index is 769. The van der Waals surface area contributed by atoms with Gasteiger partial charge >= 0.3 is 15.6 Å². The first-order chi connectivity index (χ1) is 9.13. The minimum Gasteiger partial charge on any atom is -0.376 e. The van der Waals surface area contributed by atoms with Gasteiger partial charge in [0.1, 0.15) is 5.75 Å². The molecule has 0 radical (unpaired) electrons. The van der Waals surface area contributed by atoms with Crippen LogP contribution in [0.2, 0.25) is 0 Å². The molecule has 1 heterocycles. The quantitative estimate of drug-likeness (QED) is 0.632. The molecule has 0 saturated carbocycles. The molecule has 20 heavy (non-hydrogen) atoms. The van der Waals surface area contributed by atoms with Gasteiger partial charge in [-0.1, -0.05) is 0 Å². The molecule has 4 nitrogen and oxygen atoms in total. The largest absolute Gasteiger partial charge is 0.534 e. The van der Waals surface area contributed by atoms with Crippen LogP contribution >= 0.6 is 0 Å². The van der Waals surface area contributed by atoms with E-state index >= 15 is 0 Å². The maximum atomic E-state index is 12.3. The standard InChI is InChI=1S/C12H10F3NO3S/c1-7-9-5-6-16-8(2)10(9)3-4-11(7)19-20(17,18)12(13,14)15/h3-6H,1-2H3. The highest BCUT2D eigenvalue weighted by molar-refractivity contribution is 7.88. The lowest BCUT2D eigenvalue weighted by molar-refractivity contribution is -0.0500. The fraction of sp³-hybridized carbons (Fsp3) is 0.250. The summed E-state index contributed by atoms with van der Waals surface area (Å²) in [5.74, 6) is -0.347. The summed E-state index contributed by atoms with van der Waals surface area (Å²) in [5, 5.41) is 1.31. The minimum atomic E-state index is -5.67. The Labute approximate surface area is 113 Å². The highest BCUT2D eigenvalue weighted by atomic mass is 32.2. The van der Waals surface area contributed by atoms with Crippen molar-refractivity contribution in [3.05, 3.63) is 35.7 Å². The van der Waals surface area contributed by atoms with Crippen molar-refractivity contribution in [1.82, 2.24) is 4.98 Å². The van der Waals surface area contributed by atoms with Crippen LogP contribution in [-0.2, 0) is 10.1 Å². The molecule has 1 aromatic carbocycles. The van der Waals surface area contributed by atoms with Gasteiger partial charge in [0.25, 0.3) is 0 Å². The summed E-state index contributed by atoms with van der Waals surface area (Å²) >= 11 is 0. The summed E-state index contributed by atoms with van der Waals surface area (Å²) in [5.41, 5.74) is -4.46. The zero-order valence-electron chi connectivity index (χ0n) is 10.5. The topological polar surface area (TPSA) is 56.3 Å². The molecule has 0 unspecified atom stereocenters. The Morgan fingerprint density at radius 1 is 1.10 bits per heavy atom. The third kappa shape index (κ3) is 2.43. The SMILES string of the molecule is Cc1nccc2c(C)c(OS(=O)(=O)C(F)(F)F)ccc12. The Hall–Kier alpha value is -1.83. The molecule has 0 saturated heterocycles. The number of halogens is 3. The van der Waals surface area contributed by atoms with Crippen LogP contribution < -0.4 is 4.18 Å². The second-order valence-electron chi connectivity index (χ2n) is 4.16. The first kappa shape index (κ1) is 14.6. The van der Waals surface area contributed by atoms with Crippen molar-refractivity contribution in [2.75, 3.05) is 0 Å². The number of rotatable bonds is 2. The lowest BCUT2D eigenvalue weighted by Gasteiger charge is -2.13. The molecular formula is C12H10F3NO3S. The van der Waals surface area contributed by atoms with Gasteiger partial charge in [0, 0.05) is 22.8 Å². The summed E-state index contributed by atoms with van der Waals surface area (Å²) in [7, 11) is -5.67. The number of pyridine rings is 1. The fourth-order valence-corrected chi connectivity index (χ4v) is 2.30. The molecule has 0 bridgehead atoms. The smallest absolute Gasteiger partial charge is 0.376 e. The van der Waals surface area contributed by atoms with E-state index in [0.29, 0.717) is 16.6 Å². The molecule has 0 aliphatic rings. The van der Waals surface area contributed by atoms with E-state index in [1.54, 1.807) is 13.0 Å². The van der Waals surface area contributed by atoms with Crippen LogP contribution in [0.1, 0.15) is 11.3 Å². The first-order valence-electron chi connectivity index (χ1n) is 5.49. The summed E-state index contributed by atoms with van der Waals surface area (Å²) < 4.78 is 63.1. The molecule has 0 amide bonds. The molecule has 8 heteroatoms. The molecule has 1 aromatic heterocycles. The van der Waals surface area contributed by atoms with Crippen molar-refractivity contribution in [3.8, 4) is 5.75 Å². The Kier molecular flexibility index (Phi) is 3.37. The lowest BCUT2D eigenvalue weighted by atomic mass is 10.0. The van der Waals surface area contributed by atoms with E-state index in [9.17, 15) is 21.6 Å². The van der Waals surface area contributed by atoms with E-state index in [2.05, 4.69) is 9.17 Å². The maximum absolute atomic E-state index is 12.3. The fourth-order valence-electron chi connectivity index (χ4n) is 1.79. The Morgan fingerprint density at radius 2 is 1.75 bits per heavy atom. The summed E-state index contributed by atoms with van der Waals surface area (Å²) in [6, 6.07) is 4.26. The minimum absolute atomic E-state index is 0.306. The molecule has 2 aromatic rings. The summed E-state index contributed by atoms with van der Waals surface area (Å²) in [4.78, 5) is 4.05. The number of fused-ring (bicyclic) bond motifs is 1. The average Bonchev–Trinajstić information content (AvgIpc) is 2.32. The van der Waals surface area contributed by atoms with Crippen molar-refractivity contribution < 1.29 is 25.8 Å². The predicted octanol–water partition coefficient (Wildman–Crippen LogP) is 3.08. The van der Waals surface area contributed by atoms with Crippen LogP contribution in [-0.4, -0.2) is 18.9 Å². The van der Waals surface area contributed by atoms with E-state index in [1.807, 2.05) is 0 Å². The van der Waals surface area contributed by atoms with Crippen molar-refractivity contribution in [1.29, 1.82) is 0 Å². The zero-order valence-corrected chi connectivity index (χ0v) is 11.3. The predicted molar refractivity (Wildman–Crippen MR) is 66.8 cm³/mol. The van der Waals surface area contributed by atoms with Gasteiger partial charge in [-0.15, -0.1) is 0 Å². The van der Waals surface area contributed by atoms with Gasteiger partial charge in [0.2, 0.25) is 0 Å². The molecule has 0 spiro atoms. The maximum Gasteiger partial charge on any atom is 0.534 e. The van der Waals surface area contributed by atoms with E-state index < -0.39 is 15.6 Å². The average molecular weight is 305 g/mol. The Balaban J connectivity index is 2.56. The van der Waals surface area contributed by atoms with Gasteiger partial charge in [-0.2, -0.15) is 21.6 Å². The van der Waals surface area contributed by atoms with Crippen LogP contribution in [0.5, 0.6) is 5.75 Å². The molecule has 0 N–H and O–H groups in total. The van der Waals surface area contributed by atoms with Gasteiger partial charge < -0.3 is 4.18 Å². The number of alkyl halides is 3. The highest BCUT2D eigenvalue weighted by Crippen LogP contribution is 2.32. The molecule has 0 aliphatic carbocycles. The van der Waals surface area contributed by atoms with Gasteiger partial charge in [-0.25, -0.2) is 0 Å². The molecular weight excluding hydrogens is 295 g/mol. The Morgan fingerprint density at radius 3 is 2.35 bits per heavy atom. The number of aryl methyl sites for hydroxylation is 2. The third-order valence-electron chi connectivity index (χ3n) is 2.85. The summed E-state index contributed by atoms with van der Waals surface area (Å²) in [6.07, 6.45) is 1.49. The van der Waals surface area contributed by atoms with E-state index in [0.717, 1.165) is 5.39 Å². The second-order valence-corrected chi connectivity index (χ2v) is 5.70. The van der Waals surface area contributed by atoms with Crippen LogP contribution in [0.3, 0.4) is 0 Å². The van der Waals surface area contributed by atoms with Crippen molar-refractivity contribution in [2.24, 2.45) is 0 Å². The van der Waals surface area contributed by atoms with Crippen molar-refractivity contribution in [2.45, 2.75) is 19.4 Å². The monoisotopic (exact) mass is 305 g/mol. The molecule has 0 fully saturated rings. The highest BCUT2D eigenvalue weighted by Gasteiger charge is 2.48. The van der Waals surface area contributed by atoms with Crippen LogP contribution in [0.15, 0.2) is 24.4 Å². The van der Waals surface area contributed by atoms with Gasteiger partial charge in [-0.05, 0) is 37.4 Å². The van der Waals surface area contributed by atoms with Crippen molar-refractivity contribution >= 4 is 20.9 Å². The van der Waals surface area contributed by atoms with E-state index in [-0.39, 0.29) is 5.75 Å². The van der Waals surface area contributed by atoms with Crippen LogP contribution in [0.4, 0.5) is 13.2 Å². The number of hydrogen-bond donors (Lipinski definition) is 0. The van der Waals surface area contributed by atoms with Crippen LogP contribution in [0, 0.1) is 13.8 Å². The number of aromatic nitrogens is 1. The van der Waals surface area contributed by atoms with Gasteiger partial charge in [0.05, 0.1) is 0 Å². The molecule has 0 atom stereocenters. The second kappa shape index (κ2) is 4.62. The van der Waals surface area contributed by atoms with Gasteiger partial charge in [0.15, 0.2) is 0 Å². The number of hydrogen-bond acceptors (Lipinski definition) is 4. The molecule has 2 rings (SSSR count). The molecule has 0 aliphatic heterocycles. The summed E-state index contributed by atoms with van der Waals surface area (Å²) in [6.45, 7) is 3.23. The number of benzene rings is 1. The number of nitrogens with zero attached hydrogens (tertiary/aromatic N) is 1. The van der Waals surface area contributed by atoms with E-state index in [1.165, 1.54) is 25.3 Å². The van der Waals surface area contributed by atoms with E-state index in [4.69, 9.17) is 0 Å². The zero-order chi connectivity index (χ0) is 15.1. The van der Waals surface area contributed by atoms with Crippen LogP contribution in [0.25, 0.3) is 10.8 Å². The first-order valence-corrected chi connectivity index (χ1v) is 6.90. The van der Waals surface area contributed by atoms with Crippen molar-refractivity contribution in [3.63, 3.8) is 0 Å². The lowest BCUT2D eigenvalue weighted by Crippen LogP contribution is -2.28. The normalized spacial score (nSPS) is 12.7. The third-order valence-corrected chi connectivity index (χ3v) is 3.81.